The van der Waals surface area contributed by atoms with Crippen LogP contribution in [0.2, 0.25) is 0 Å². The van der Waals surface area contributed by atoms with Gasteiger partial charge in [0.25, 0.3) is 0 Å². The zero-order valence-corrected chi connectivity index (χ0v) is 33.5. The first-order chi connectivity index (χ1) is 30.3. The van der Waals surface area contributed by atoms with Gasteiger partial charge in [-0.3, -0.25) is 0 Å². The van der Waals surface area contributed by atoms with E-state index in [1.807, 2.05) is 0 Å². The quantitative estimate of drug-likeness (QED) is 0.159. The molecule has 12 rings (SSSR count). The Kier molecular flexibility index (Phi) is 8.11. The summed E-state index contributed by atoms with van der Waals surface area (Å²) in [5, 5.41) is 2.54. The van der Waals surface area contributed by atoms with Crippen LogP contribution in [0.15, 0.2) is 243 Å². The highest BCUT2D eigenvalue weighted by Gasteiger charge is 2.53. The van der Waals surface area contributed by atoms with Crippen molar-refractivity contribution in [2.24, 2.45) is 0 Å². The fourth-order valence-electron chi connectivity index (χ4n) is 10.4. The van der Waals surface area contributed by atoms with E-state index in [1.165, 1.54) is 66.4 Å². The maximum absolute atomic E-state index is 2.51. The normalized spacial score (nSPS) is 14.3. The van der Waals surface area contributed by atoms with Gasteiger partial charge in [-0.25, -0.2) is 0 Å². The van der Waals surface area contributed by atoms with Crippen LogP contribution in [0.4, 0.5) is 34.1 Å². The Hall–Kier alpha value is -7.94. The van der Waals surface area contributed by atoms with Gasteiger partial charge in [-0.05, 0) is 139 Å². The van der Waals surface area contributed by atoms with Crippen molar-refractivity contribution in [3.05, 3.63) is 265 Å². The molecule has 286 valence electrons. The molecule has 0 aliphatic heterocycles. The van der Waals surface area contributed by atoms with Gasteiger partial charge in [0.15, 0.2) is 0 Å². The molecule has 0 saturated carbocycles. The van der Waals surface area contributed by atoms with Gasteiger partial charge >= 0.3 is 0 Å². The Morgan fingerprint density at radius 3 is 1.33 bits per heavy atom. The van der Waals surface area contributed by atoms with Gasteiger partial charge in [0, 0.05) is 34.1 Å². The molecule has 1 unspecified atom stereocenters. The summed E-state index contributed by atoms with van der Waals surface area (Å²) < 4.78 is 0. The third-order valence-corrected chi connectivity index (χ3v) is 12.8. The number of nitrogens with zero attached hydrogens (tertiary/aromatic N) is 2. The Morgan fingerprint density at radius 2 is 0.738 bits per heavy atom. The highest BCUT2D eigenvalue weighted by molar-refractivity contribution is 6.07. The van der Waals surface area contributed by atoms with Gasteiger partial charge in [-0.2, -0.15) is 0 Å². The summed E-state index contributed by atoms with van der Waals surface area (Å²) >= 11 is 0. The highest BCUT2D eigenvalue weighted by atomic mass is 15.1. The van der Waals surface area contributed by atoms with E-state index in [-0.39, 0.29) is 0 Å². The minimum atomic E-state index is -0.556. The van der Waals surface area contributed by atoms with E-state index < -0.39 is 5.41 Å². The van der Waals surface area contributed by atoms with Crippen molar-refractivity contribution in [1.29, 1.82) is 0 Å². The highest BCUT2D eigenvalue weighted by Crippen LogP contribution is 2.66. The lowest BCUT2D eigenvalue weighted by molar-refractivity contribution is 0.801. The Morgan fingerprint density at radius 1 is 0.279 bits per heavy atom. The number of hydrogen-bond acceptors (Lipinski definition) is 2. The summed E-state index contributed by atoms with van der Waals surface area (Å²) in [4.78, 5) is 4.76. The first-order valence-corrected chi connectivity index (χ1v) is 21.1. The van der Waals surface area contributed by atoms with Crippen molar-refractivity contribution in [1.82, 2.24) is 0 Å². The molecule has 2 aliphatic carbocycles. The molecule has 1 spiro atoms. The topological polar surface area (TPSA) is 6.48 Å². The molecule has 0 N–H and O–H groups in total. The van der Waals surface area contributed by atoms with Crippen molar-refractivity contribution in [2.45, 2.75) is 5.41 Å². The van der Waals surface area contributed by atoms with E-state index in [2.05, 4.69) is 252 Å². The number of benzene rings is 10. The average molecular weight is 777 g/mol. The summed E-state index contributed by atoms with van der Waals surface area (Å²) in [6.45, 7) is 0. The first-order valence-electron chi connectivity index (χ1n) is 21.1. The van der Waals surface area contributed by atoms with Crippen LogP contribution in [0.3, 0.4) is 0 Å². The number of rotatable bonds is 7. The van der Waals surface area contributed by atoms with Crippen LogP contribution in [0.25, 0.3) is 44.2 Å². The van der Waals surface area contributed by atoms with E-state index in [9.17, 15) is 0 Å². The lowest BCUT2D eigenvalue weighted by Crippen LogP contribution is -2.26. The molecule has 0 aromatic heterocycles. The van der Waals surface area contributed by atoms with Gasteiger partial charge in [-0.1, -0.05) is 170 Å². The smallest absolute Gasteiger partial charge is 0.0732 e. The molecule has 0 saturated heterocycles. The Balaban J connectivity index is 1.17. The molecule has 2 nitrogen and oxygen atoms in total. The van der Waals surface area contributed by atoms with Crippen LogP contribution >= 0.6 is 0 Å². The first kappa shape index (κ1) is 35.0. The summed E-state index contributed by atoms with van der Waals surface area (Å²) in [6.07, 6.45) is 0. The van der Waals surface area contributed by atoms with Gasteiger partial charge in [0.2, 0.25) is 0 Å². The van der Waals surface area contributed by atoms with Crippen LogP contribution in [-0.2, 0) is 5.41 Å². The second-order valence-electron chi connectivity index (χ2n) is 16.0. The molecule has 0 heterocycles. The van der Waals surface area contributed by atoms with Crippen molar-refractivity contribution >= 4 is 44.9 Å². The van der Waals surface area contributed by atoms with Gasteiger partial charge < -0.3 is 9.80 Å². The zero-order chi connectivity index (χ0) is 40.3. The lowest BCUT2D eigenvalue weighted by atomic mass is 9.69. The van der Waals surface area contributed by atoms with Crippen LogP contribution in [0, 0.1) is 0 Å². The molecule has 0 fully saturated rings. The largest absolute Gasteiger partial charge is 0.311 e. The average Bonchev–Trinajstić information content (AvgIpc) is 3.81. The molecular weight excluding hydrogens is 737 g/mol. The summed E-state index contributed by atoms with van der Waals surface area (Å²) in [5.74, 6) is 0. The number of anilines is 6. The second-order valence-corrected chi connectivity index (χ2v) is 16.0. The second kappa shape index (κ2) is 14.1. The van der Waals surface area contributed by atoms with E-state index in [1.54, 1.807) is 0 Å². The molecule has 0 bridgehead atoms. The number of para-hydroxylation sites is 4. The minimum absolute atomic E-state index is 0.556. The fourth-order valence-corrected chi connectivity index (χ4v) is 10.4. The van der Waals surface area contributed by atoms with Crippen molar-refractivity contribution in [3.63, 3.8) is 0 Å². The minimum Gasteiger partial charge on any atom is -0.311 e. The molecule has 61 heavy (non-hydrogen) atoms. The molecular formula is C59H40N2. The van der Waals surface area contributed by atoms with Crippen LogP contribution in [-0.4, -0.2) is 0 Å². The third-order valence-electron chi connectivity index (χ3n) is 12.8. The maximum Gasteiger partial charge on any atom is 0.0732 e. The van der Waals surface area contributed by atoms with E-state index in [0.29, 0.717) is 0 Å². The molecule has 10 aromatic rings. The lowest BCUT2D eigenvalue weighted by Gasteiger charge is -2.33. The predicted molar refractivity (Wildman–Crippen MR) is 255 cm³/mol. The fraction of sp³-hybridized carbons (Fsp3) is 0.0169. The molecule has 1 atom stereocenters. The van der Waals surface area contributed by atoms with Crippen molar-refractivity contribution in [2.75, 3.05) is 9.80 Å². The van der Waals surface area contributed by atoms with Crippen molar-refractivity contribution in [3.8, 4) is 33.4 Å². The van der Waals surface area contributed by atoms with Crippen LogP contribution in [0.5, 0.6) is 0 Å². The summed E-state index contributed by atoms with van der Waals surface area (Å²) in [6, 6.07) is 89.0. The zero-order valence-electron chi connectivity index (χ0n) is 33.5. The van der Waals surface area contributed by atoms with E-state index in [4.69, 9.17) is 0 Å². The standard InChI is InChI=1S/C59H40N2/c1-5-20-43(21-6-1)60(44-22-7-2-8-23-44)47-36-33-42(34-37-47)53-39-48(61(45-24-9-3-10-25-45)46-26-11-4-12-27-46)40-56-57(53)52-30-16-18-32-55(52)59(56)54-31-17-15-29-50(54)51-38-35-41-19-13-14-28-49(41)58(51)59/h1-40H. The Bertz CT molecular complexity index is 3150. The van der Waals surface area contributed by atoms with E-state index in [0.717, 1.165) is 34.1 Å². The summed E-state index contributed by atoms with van der Waals surface area (Å²) in [5.41, 5.74) is 19.0. The molecule has 2 heteroatoms. The third kappa shape index (κ3) is 5.36. The van der Waals surface area contributed by atoms with Gasteiger partial charge in [0.1, 0.15) is 0 Å². The molecule has 10 aromatic carbocycles. The molecule has 0 amide bonds. The summed E-state index contributed by atoms with van der Waals surface area (Å²) in [7, 11) is 0. The van der Waals surface area contributed by atoms with Crippen molar-refractivity contribution < 1.29 is 0 Å². The molecule has 2 aliphatic rings. The molecule has 0 radical (unpaired) electrons. The number of hydrogen-bond donors (Lipinski definition) is 0. The Labute approximate surface area is 356 Å². The van der Waals surface area contributed by atoms with Crippen LogP contribution < -0.4 is 9.80 Å². The predicted octanol–water partition coefficient (Wildman–Crippen LogP) is 15.8. The van der Waals surface area contributed by atoms with E-state index >= 15 is 0 Å². The van der Waals surface area contributed by atoms with Gasteiger partial charge in [-0.15, -0.1) is 0 Å². The monoisotopic (exact) mass is 776 g/mol. The maximum atomic E-state index is 2.51. The van der Waals surface area contributed by atoms with Crippen LogP contribution in [0.1, 0.15) is 22.3 Å². The SMILES string of the molecule is c1ccc(N(c2ccccc2)c2ccc(-c3cc(N(c4ccccc4)c4ccccc4)cc4c3-c3ccccc3C43c4ccccc4-c4ccc5ccccc5c43)cc2)cc1. The number of fused-ring (bicyclic) bond motifs is 12. The van der Waals surface area contributed by atoms with Gasteiger partial charge in [0.05, 0.1) is 5.41 Å².